The molecule has 1 heterocycles. The molecule has 6 nitrogen and oxygen atoms in total. The second kappa shape index (κ2) is 11.1. The molecule has 0 radical (unpaired) electrons. The van der Waals surface area contributed by atoms with Crippen LogP contribution in [-0.4, -0.2) is 44.9 Å². The molecule has 0 aliphatic carbocycles. The summed E-state index contributed by atoms with van der Waals surface area (Å²) in [6, 6.07) is 25.3. The molecule has 1 aliphatic heterocycles. The lowest BCUT2D eigenvalue weighted by Gasteiger charge is -2.25. The van der Waals surface area contributed by atoms with Crippen molar-refractivity contribution in [1.29, 1.82) is 0 Å². The van der Waals surface area contributed by atoms with Gasteiger partial charge in [-0.05, 0) is 68.6 Å². The molecule has 1 amide bonds. The fraction of sp³-hybridized carbons (Fsp3) is 0.321. The number of carbonyl (C=O) groups is 1. The number of hydrogen-bond acceptors (Lipinski definition) is 4. The molecular formula is C28H33N3O3S. The van der Waals surface area contributed by atoms with Crippen LogP contribution in [0.1, 0.15) is 36.2 Å². The number of nitrogens with one attached hydrogen (secondary N) is 1. The van der Waals surface area contributed by atoms with Gasteiger partial charge in [0.15, 0.2) is 0 Å². The fourth-order valence-electron chi connectivity index (χ4n) is 4.42. The van der Waals surface area contributed by atoms with Crippen LogP contribution in [-0.2, 0) is 16.6 Å². The van der Waals surface area contributed by atoms with Gasteiger partial charge in [0, 0.05) is 24.7 Å². The van der Waals surface area contributed by atoms with Gasteiger partial charge < -0.3 is 10.2 Å². The molecule has 0 spiro atoms. The summed E-state index contributed by atoms with van der Waals surface area (Å²) >= 11 is 0. The first kappa shape index (κ1) is 24.9. The Kier molecular flexibility index (Phi) is 7.88. The van der Waals surface area contributed by atoms with Crippen LogP contribution in [0.3, 0.4) is 0 Å². The first-order valence-corrected chi connectivity index (χ1v) is 13.5. The maximum absolute atomic E-state index is 13.8. The molecule has 184 valence electrons. The van der Waals surface area contributed by atoms with Gasteiger partial charge in [-0.1, -0.05) is 54.6 Å². The van der Waals surface area contributed by atoms with Crippen LogP contribution in [0.25, 0.3) is 0 Å². The van der Waals surface area contributed by atoms with Crippen molar-refractivity contribution in [2.24, 2.45) is 5.92 Å². The number of nitrogens with zero attached hydrogens (tertiary/aromatic N) is 2. The molecule has 4 rings (SSSR count). The van der Waals surface area contributed by atoms with Gasteiger partial charge in [0.25, 0.3) is 15.9 Å². The van der Waals surface area contributed by atoms with Crippen LogP contribution in [0.15, 0.2) is 89.8 Å². The van der Waals surface area contributed by atoms with Crippen molar-refractivity contribution in [1.82, 2.24) is 10.2 Å². The quantitative estimate of drug-likeness (QED) is 0.477. The summed E-state index contributed by atoms with van der Waals surface area (Å²) in [6.45, 7) is 7.16. The highest BCUT2D eigenvalue weighted by Gasteiger charge is 2.27. The topological polar surface area (TPSA) is 69.7 Å². The highest BCUT2D eigenvalue weighted by molar-refractivity contribution is 7.92. The maximum atomic E-state index is 13.8. The zero-order valence-electron chi connectivity index (χ0n) is 20.3. The molecular weight excluding hydrogens is 458 g/mol. The second-order valence-electron chi connectivity index (χ2n) is 9.31. The van der Waals surface area contributed by atoms with Crippen molar-refractivity contribution in [3.63, 3.8) is 0 Å². The van der Waals surface area contributed by atoms with Gasteiger partial charge in [0.2, 0.25) is 0 Å². The third-order valence-electron chi connectivity index (χ3n) is 6.50. The highest BCUT2D eigenvalue weighted by Crippen LogP contribution is 2.26. The Morgan fingerprint density at radius 3 is 2.34 bits per heavy atom. The largest absolute Gasteiger partial charge is 0.352 e. The lowest BCUT2D eigenvalue weighted by atomic mass is 10.1. The Hall–Kier alpha value is -3.16. The number of carbonyl (C=O) groups excluding carboxylic acids is 1. The Labute approximate surface area is 208 Å². The molecule has 7 heteroatoms. The fourth-order valence-corrected chi connectivity index (χ4v) is 5.92. The number of hydrogen-bond donors (Lipinski definition) is 1. The summed E-state index contributed by atoms with van der Waals surface area (Å²) in [5.74, 6) is 0.159. The van der Waals surface area contributed by atoms with Crippen molar-refractivity contribution in [2.45, 2.75) is 37.8 Å². The van der Waals surface area contributed by atoms with Crippen molar-refractivity contribution < 1.29 is 13.2 Å². The number of rotatable bonds is 9. The third kappa shape index (κ3) is 6.10. The van der Waals surface area contributed by atoms with Gasteiger partial charge in [0.1, 0.15) is 0 Å². The molecule has 1 saturated heterocycles. The predicted molar refractivity (Wildman–Crippen MR) is 140 cm³/mol. The van der Waals surface area contributed by atoms with Crippen LogP contribution < -0.4 is 9.62 Å². The smallest absolute Gasteiger partial charge is 0.264 e. The van der Waals surface area contributed by atoms with Crippen LogP contribution in [0.5, 0.6) is 0 Å². The lowest BCUT2D eigenvalue weighted by Crippen LogP contribution is -2.33. The molecule has 1 atom stereocenters. The van der Waals surface area contributed by atoms with Crippen LogP contribution in [0.2, 0.25) is 0 Å². The number of likely N-dealkylation sites (tertiary alicyclic amines) is 1. The summed E-state index contributed by atoms with van der Waals surface area (Å²) < 4.78 is 28.9. The summed E-state index contributed by atoms with van der Waals surface area (Å²) in [5, 5.41) is 3.01. The van der Waals surface area contributed by atoms with Gasteiger partial charge >= 0.3 is 0 Å². The molecule has 1 fully saturated rings. The molecule has 35 heavy (non-hydrogen) atoms. The number of para-hydroxylation sites is 1. The number of sulfonamides is 1. The molecule has 3 aromatic carbocycles. The van der Waals surface area contributed by atoms with E-state index in [1.165, 1.54) is 10.4 Å². The van der Waals surface area contributed by atoms with E-state index in [-0.39, 0.29) is 17.3 Å². The first-order valence-electron chi connectivity index (χ1n) is 12.1. The van der Waals surface area contributed by atoms with Crippen LogP contribution in [0, 0.1) is 5.92 Å². The van der Waals surface area contributed by atoms with Crippen LogP contribution >= 0.6 is 0 Å². The summed E-state index contributed by atoms with van der Waals surface area (Å²) in [5.41, 5.74) is 1.79. The minimum Gasteiger partial charge on any atom is -0.352 e. The molecule has 3 aromatic rings. The van der Waals surface area contributed by atoms with E-state index in [1.807, 2.05) is 48.5 Å². The molecule has 1 aliphatic rings. The Bertz CT molecular complexity index is 1230. The lowest BCUT2D eigenvalue weighted by molar-refractivity contribution is 0.0947. The highest BCUT2D eigenvalue weighted by atomic mass is 32.2. The zero-order chi connectivity index (χ0) is 24.8. The average molecular weight is 492 g/mol. The number of anilines is 1. The first-order chi connectivity index (χ1) is 16.8. The number of amides is 1. The summed E-state index contributed by atoms with van der Waals surface area (Å²) in [7, 11) is -3.91. The number of benzene rings is 3. The van der Waals surface area contributed by atoms with Gasteiger partial charge in [0.05, 0.1) is 17.1 Å². The van der Waals surface area contributed by atoms with Gasteiger partial charge in [-0.2, -0.15) is 0 Å². The zero-order valence-corrected chi connectivity index (χ0v) is 21.1. The minimum absolute atomic E-state index is 0.0942. The van der Waals surface area contributed by atoms with E-state index in [0.29, 0.717) is 29.8 Å². The molecule has 0 bridgehead atoms. The van der Waals surface area contributed by atoms with Gasteiger partial charge in [-0.3, -0.25) is 9.10 Å². The van der Waals surface area contributed by atoms with Gasteiger partial charge in [-0.25, -0.2) is 8.42 Å². The maximum Gasteiger partial charge on any atom is 0.264 e. The molecule has 0 aromatic heterocycles. The van der Waals surface area contributed by atoms with E-state index in [0.717, 1.165) is 25.1 Å². The van der Waals surface area contributed by atoms with Crippen molar-refractivity contribution in [2.75, 3.05) is 23.9 Å². The Morgan fingerprint density at radius 2 is 1.69 bits per heavy atom. The summed E-state index contributed by atoms with van der Waals surface area (Å²) in [6.07, 6.45) is 1.05. The Balaban J connectivity index is 1.53. The summed E-state index contributed by atoms with van der Waals surface area (Å²) in [4.78, 5) is 15.4. The molecule has 1 N–H and O–H groups in total. The normalized spacial score (nSPS) is 16.4. The second-order valence-corrected chi connectivity index (χ2v) is 11.2. The van der Waals surface area contributed by atoms with Crippen molar-refractivity contribution in [3.05, 3.63) is 96.1 Å². The molecule has 0 saturated carbocycles. The van der Waals surface area contributed by atoms with Crippen molar-refractivity contribution >= 4 is 21.6 Å². The predicted octanol–water partition coefficient (Wildman–Crippen LogP) is 4.54. The van der Waals surface area contributed by atoms with E-state index in [2.05, 4.69) is 24.1 Å². The van der Waals surface area contributed by atoms with Crippen LogP contribution in [0.4, 0.5) is 5.69 Å². The average Bonchev–Trinajstić information content (AvgIpc) is 3.36. The third-order valence-corrected chi connectivity index (χ3v) is 8.27. The molecule has 1 unspecified atom stereocenters. The van der Waals surface area contributed by atoms with Gasteiger partial charge in [-0.15, -0.1) is 0 Å². The van der Waals surface area contributed by atoms with E-state index in [1.54, 1.807) is 30.3 Å². The standard InChI is InChI=1S/C28H33N3O3S/c1-22(2)30-17-16-24(20-30)19-29-28(32)25-12-9-15-27(18-25)35(33,34)31(26-13-7-4-8-14-26)21-23-10-5-3-6-11-23/h3-15,18,22,24H,16-17,19-21H2,1-2H3,(H,29,32). The minimum atomic E-state index is -3.91. The van der Waals surface area contributed by atoms with E-state index in [9.17, 15) is 13.2 Å². The van der Waals surface area contributed by atoms with Crippen molar-refractivity contribution in [3.8, 4) is 0 Å². The van der Waals surface area contributed by atoms with E-state index < -0.39 is 10.0 Å². The Morgan fingerprint density at radius 1 is 1.00 bits per heavy atom. The van der Waals surface area contributed by atoms with E-state index in [4.69, 9.17) is 0 Å². The monoisotopic (exact) mass is 491 g/mol. The van der Waals surface area contributed by atoms with E-state index >= 15 is 0 Å². The SMILES string of the molecule is CC(C)N1CCC(CNC(=O)c2cccc(S(=O)(=O)N(Cc3ccccc3)c3ccccc3)c2)C1.